The van der Waals surface area contributed by atoms with Gasteiger partial charge in [0.1, 0.15) is 17.4 Å². The smallest absolute Gasteiger partial charge is 0.332 e. The molecule has 0 aromatic heterocycles. The van der Waals surface area contributed by atoms with Crippen LogP contribution >= 0.6 is 11.6 Å². The van der Waals surface area contributed by atoms with E-state index in [1.165, 1.54) is 11.1 Å². The summed E-state index contributed by atoms with van der Waals surface area (Å²) in [6.07, 6.45) is 2.96. The van der Waals surface area contributed by atoms with E-state index < -0.39 is 11.5 Å². The topological polar surface area (TPSA) is 64.6 Å². The molecule has 2 aliphatic carbocycles. The molecule has 0 saturated carbocycles. The third-order valence-corrected chi connectivity index (χ3v) is 8.31. The van der Waals surface area contributed by atoms with E-state index in [2.05, 4.69) is 29.6 Å². The fraction of sp³-hybridized carbons (Fsp3) is 0.257. The third-order valence-electron chi connectivity index (χ3n) is 8.06. The highest BCUT2D eigenvalue weighted by molar-refractivity contribution is 6.30. The van der Waals surface area contributed by atoms with Crippen LogP contribution in [0.1, 0.15) is 47.3 Å². The van der Waals surface area contributed by atoms with Gasteiger partial charge in [-0.05, 0) is 83.0 Å². The van der Waals surface area contributed by atoms with Crippen LogP contribution in [0, 0.1) is 0 Å². The first-order chi connectivity index (χ1) is 19.9. The van der Waals surface area contributed by atoms with Gasteiger partial charge in [0.05, 0.1) is 13.0 Å². The van der Waals surface area contributed by atoms with Gasteiger partial charge in [-0.15, -0.1) is 0 Å². The lowest BCUT2D eigenvalue weighted by Gasteiger charge is -2.28. The Kier molecular flexibility index (Phi) is 7.55. The summed E-state index contributed by atoms with van der Waals surface area (Å²) >= 11 is 6.06. The highest BCUT2D eigenvalue weighted by Gasteiger charge is 2.46. The molecule has 0 heterocycles. The molecule has 1 amide bonds. The van der Waals surface area contributed by atoms with Gasteiger partial charge in [0.2, 0.25) is 5.91 Å². The second kappa shape index (κ2) is 11.4. The molecule has 5 nitrogen and oxygen atoms in total. The molecule has 1 N–H and O–H groups in total. The number of halogens is 1. The number of hydrogen-bond donors (Lipinski definition) is 1. The maximum atomic E-state index is 13.3. The maximum Gasteiger partial charge on any atom is 0.332 e. The van der Waals surface area contributed by atoms with E-state index in [9.17, 15) is 9.59 Å². The van der Waals surface area contributed by atoms with E-state index in [4.69, 9.17) is 21.1 Å². The van der Waals surface area contributed by atoms with Crippen molar-refractivity contribution in [2.24, 2.45) is 0 Å². The lowest BCUT2D eigenvalue weighted by molar-refractivity contribution is -0.153. The fourth-order valence-electron chi connectivity index (χ4n) is 6.04. The molecule has 0 fully saturated rings. The van der Waals surface area contributed by atoms with E-state index in [0.29, 0.717) is 17.9 Å². The molecule has 6 rings (SSSR count). The average molecular weight is 566 g/mol. The zero-order chi connectivity index (χ0) is 28.4. The number of hydrogen-bond acceptors (Lipinski definition) is 4. The van der Waals surface area contributed by atoms with Gasteiger partial charge < -0.3 is 14.8 Å². The predicted octanol–water partition coefficient (Wildman–Crippen LogP) is 6.83. The van der Waals surface area contributed by atoms with Crippen LogP contribution in [0.4, 0.5) is 0 Å². The molecule has 0 saturated heterocycles. The lowest BCUT2D eigenvalue weighted by Crippen LogP contribution is -2.56. The second-order valence-corrected chi connectivity index (χ2v) is 11.3. The first kappa shape index (κ1) is 27.1. The first-order valence-electron chi connectivity index (χ1n) is 14.1. The van der Waals surface area contributed by atoms with Crippen molar-refractivity contribution in [2.75, 3.05) is 6.61 Å². The standard InChI is InChI=1S/C35H32ClNO4/c1-2-40-34(39)35(21-27-10-9-26(20-28(27)22-35)24-11-14-29(36)15-12-24)37-33(38)19-23-7-16-30(17-8-23)41-32-18-13-25-5-3-4-6-31(25)32/h3-12,14-17,20,32H,2,13,18-19,21-22H2,1H3,(H,37,38). The summed E-state index contributed by atoms with van der Waals surface area (Å²) in [5.74, 6) is 0.155. The Bertz CT molecular complexity index is 1580. The minimum absolute atomic E-state index is 0.0500. The molecule has 41 heavy (non-hydrogen) atoms. The van der Waals surface area contributed by atoms with Crippen molar-refractivity contribution in [2.45, 2.75) is 50.7 Å². The molecule has 0 spiro atoms. The number of aryl methyl sites for hydroxylation is 1. The molecule has 208 valence electrons. The Morgan fingerprint density at radius 3 is 2.39 bits per heavy atom. The van der Waals surface area contributed by atoms with Gasteiger partial charge in [-0.2, -0.15) is 0 Å². The van der Waals surface area contributed by atoms with E-state index in [0.717, 1.165) is 46.4 Å². The number of rotatable bonds is 8. The van der Waals surface area contributed by atoms with Crippen LogP contribution in [-0.2, 0) is 40.0 Å². The molecular weight excluding hydrogens is 534 g/mol. The zero-order valence-corrected chi connectivity index (χ0v) is 23.7. The van der Waals surface area contributed by atoms with E-state index in [1.807, 2.05) is 66.7 Å². The van der Waals surface area contributed by atoms with Crippen LogP contribution in [0.3, 0.4) is 0 Å². The number of carbonyl (C=O) groups is 2. The summed E-state index contributed by atoms with van der Waals surface area (Å²) in [6.45, 7) is 2.03. The van der Waals surface area contributed by atoms with Gasteiger partial charge in [-0.1, -0.05) is 78.3 Å². The van der Waals surface area contributed by atoms with Gasteiger partial charge in [0.15, 0.2) is 0 Å². The summed E-state index contributed by atoms with van der Waals surface area (Å²) in [6, 6.07) is 29.9. The third kappa shape index (κ3) is 5.73. The van der Waals surface area contributed by atoms with Crippen molar-refractivity contribution < 1.29 is 19.1 Å². The molecule has 0 radical (unpaired) electrons. The van der Waals surface area contributed by atoms with Crippen LogP contribution in [0.15, 0.2) is 91.0 Å². The molecule has 6 heteroatoms. The monoisotopic (exact) mass is 565 g/mol. The Morgan fingerprint density at radius 1 is 0.878 bits per heavy atom. The van der Waals surface area contributed by atoms with Crippen LogP contribution in [0.5, 0.6) is 5.75 Å². The number of fused-ring (bicyclic) bond motifs is 2. The molecule has 4 aromatic rings. The number of nitrogens with one attached hydrogen (secondary N) is 1. The Labute approximate surface area is 245 Å². The molecule has 2 unspecified atom stereocenters. The number of benzene rings is 4. The lowest BCUT2D eigenvalue weighted by atomic mass is 9.95. The first-order valence-corrected chi connectivity index (χ1v) is 14.5. The van der Waals surface area contributed by atoms with Gasteiger partial charge in [0.25, 0.3) is 0 Å². The number of amides is 1. The number of ether oxygens (including phenoxy) is 2. The van der Waals surface area contributed by atoms with Crippen LogP contribution in [-0.4, -0.2) is 24.0 Å². The van der Waals surface area contributed by atoms with Crippen molar-refractivity contribution in [1.82, 2.24) is 5.32 Å². The average Bonchev–Trinajstić information content (AvgIpc) is 3.56. The molecule has 2 atom stereocenters. The van der Waals surface area contributed by atoms with Gasteiger partial charge >= 0.3 is 5.97 Å². The Morgan fingerprint density at radius 2 is 1.61 bits per heavy atom. The highest BCUT2D eigenvalue weighted by atomic mass is 35.5. The quantitative estimate of drug-likeness (QED) is 0.238. The normalized spacial score (nSPS) is 18.8. The van der Waals surface area contributed by atoms with Gasteiger partial charge in [0, 0.05) is 17.9 Å². The molecule has 0 bridgehead atoms. The van der Waals surface area contributed by atoms with Crippen LogP contribution in [0.25, 0.3) is 11.1 Å². The summed E-state index contributed by atoms with van der Waals surface area (Å²) in [5.41, 5.74) is 6.45. The Balaban J connectivity index is 1.14. The van der Waals surface area contributed by atoms with Crippen molar-refractivity contribution in [3.63, 3.8) is 0 Å². The minimum Gasteiger partial charge on any atom is -0.486 e. The second-order valence-electron chi connectivity index (χ2n) is 10.9. The van der Waals surface area contributed by atoms with Crippen molar-refractivity contribution in [1.29, 1.82) is 0 Å². The highest BCUT2D eigenvalue weighted by Crippen LogP contribution is 2.36. The van der Waals surface area contributed by atoms with Crippen LogP contribution < -0.4 is 10.1 Å². The van der Waals surface area contributed by atoms with Crippen molar-refractivity contribution in [3.8, 4) is 16.9 Å². The minimum atomic E-state index is -1.13. The SMILES string of the molecule is CCOC(=O)C1(NC(=O)Cc2ccc(OC3CCc4ccccc43)cc2)Cc2ccc(-c3ccc(Cl)cc3)cc2C1. The van der Waals surface area contributed by atoms with E-state index >= 15 is 0 Å². The summed E-state index contributed by atoms with van der Waals surface area (Å²) in [7, 11) is 0. The molecule has 4 aromatic carbocycles. The number of esters is 1. The van der Waals surface area contributed by atoms with E-state index in [1.54, 1.807) is 6.92 Å². The van der Waals surface area contributed by atoms with Gasteiger partial charge in [-0.25, -0.2) is 4.79 Å². The maximum absolute atomic E-state index is 13.3. The van der Waals surface area contributed by atoms with Crippen molar-refractivity contribution >= 4 is 23.5 Å². The van der Waals surface area contributed by atoms with Crippen molar-refractivity contribution in [3.05, 3.63) is 124 Å². The Hall–Kier alpha value is -4.09. The predicted molar refractivity (Wildman–Crippen MR) is 160 cm³/mol. The van der Waals surface area contributed by atoms with Gasteiger partial charge in [-0.3, -0.25) is 4.79 Å². The fourth-order valence-corrected chi connectivity index (χ4v) is 6.16. The largest absolute Gasteiger partial charge is 0.486 e. The van der Waals surface area contributed by atoms with E-state index in [-0.39, 0.29) is 25.0 Å². The molecular formula is C35H32ClNO4. The molecule has 2 aliphatic rings. The molecule has 0 aliphatic heterocycles. The summed E-state index contributed by atoms with van der Waals surface area (Å²) < 4.78 is 11.7. The summed E-state index contributed by atoms with van der Waals surface area (Å²) in [4.78, 5) is 26.5. The van der Waals surface area contributed by atoms with Crippen LogP contribution in [0.2, 0.25) is 5.02 Å². The zero-order valence-electron chi connectivity index (χ0n) is 23.0. The number of carbonyl (C=O) groups excluding carboxylic acids is 2. The summed E-state index contributed by atoms with van der Waals surface area (Å²) in [5, 5.41) is 3.74.